The maximum Gasteiger partial charge on any atom is 0.252 e. The molecule has 5 heteroatoms. The molecule has 0 fully saturated rings. The van der Waals surface area contributed by atoms with Gasteiger partial charge in [0.1, 0.15) is 0 Å². The van der Waals surface area contributed by atoms with Crippen molar-refractivity contribution in [1.29, 1.82) is 0 Å². The van der Waals surface area contributed by atoms with E-state index in [9.17, 15) is 4.79 Å². The summed E-state index contributed by atoms with van der Waals surface area (Å²) in [6.45, 7) is 4.67. The van der Waals surface area contributed by atoms with Gasteiger partial charge in [0, 0.05) is 17.0 Å². The second kappa shape index (κ2) is 5.95. The number of amides is 1. The number of thiol groups is 1. The van der Waals surface area contributed by atoms with Crippen molar-refractivity contribution < 1.29 is 4.79 Å². The van der Waals surface area contributed by atoms with Gasteiger partial charge in [0.05, 0.1) is 10.6 Å². The number of nitrogens with zero attached hydrogens (tertiary/aromatic N) is 1. The third kappa shape index (κ3) is 3.90. The molecule has 100 valence electrons. The Hall–Kier alpha value is -0.710. The zero-order valence-electron chi connectivity index (χ0n) is 11.1. The third-order valence-corrected chi connectivity index (χ3v) is 3.69. The van der Waals surface area contributed by atoms with Gasteiger partial charge in [-0.25, -0.2) is 0 Å². The molecule has 0 aliphatic heterocycles. The second-order valence-electron chi connectivity index (χ2n) is 5.05. The van der Waals surface area contributed by atoms with E-state index in [0.717, 1.165) is 4.90 Å². The maximum absolute atomic E-state index is 12.0. The molecule has 0 heterocycles. The number of hydrogen-bond donors (Lipinski definition) is 2. The van der Waals surface area contributed by atoms with E-state index in [1.807, 2.05) is 14.1 Å². The summed E-state index contributed by atoms with van der Waals surface area (Å²) in [7, 11) is 3.96. The third-order valence-electron chi connectivity index (χ3n) is 3.09. The Balaban J connectivity index is 2.75. The Labute approximate surface area is 119 Å². The smallest absolute Gasteiger partial charge is 0.252 e. The van der Waals surface area contributed by atoms with Crippen molar-refractivity contribution in [1.82, 2.24) is 10.2 Å². The molecular weight excluding hydrogens is 268 g/mol. The molecule has 0 atom stereocenters. The average Bonchev–Trinajstić information content (AvgIpc) is 2.29. The van der Waals surface area contributed by atoms with Gasteiger partial charge < -0.3 is 10.2 Å². The van der Waals surface area contributed by atoms with Gasteiger partial charge in [0.15, 0.2) is 0 Å². The minimum atomic E-state index is -0.175. The fraction of sp³-hybridized carbons (Fsp3) is 0.462. The van der Waals surface area contributed by atoms with Crippen molar-refractivity contribution in [2.75, 3.05) is 20.6 Å². The summed E-state index contributed by atoms with van der Waals surface area (Å²) in [5.41, 5.74) is 0.347. The van der Waals surface area contributed by atoms with Crippen molar-refractivity contribution in [2.24, 2.45) is 0 Å². The number of hydrogen-bond acceptors (Lipinski definition) is 3. The fourth-order valence-corrected chi connectivity index (χ4v) is 1.64. The minimum Gasteiger partial charge on any atom is -0.350 e. The summed E-state index contributed by atoms with van der Waals surface area (Å²) in [5.74, 6) is -0.175. The lowest BCUT2D eigenvalue weighted by atomic mass is 10.0. The molecule has 1 N–H and O–H groups in total. The molecule has 0 saturated carbocycles. The van der Waals surface area contributed by atoms with E-state index in [1.54, 1.807) is 18.2 Å². The SMILES string of the molecule is CN(C)C(C)(C)CNC(=O)c1cc(S)ccc1Cl. The number of benzene rings is 1. The summed E-state index contributed by atoms with van der Waals surface area (Å²) in [5, 5.41) is 3.33. The van der Waals surface area contributed by atoms with Crippen LogP contribution in [0.15, 0.2) is 23.1 Å². The first-order valence-corrected chi connectivity index (χ1v) is 6.51. The fourth-order valence-electron chi connectivity index (χ4n) is 1.24. The van der Waals surface area contributed by atoms with Crippen LogP contribution in [0.3, 0.4) is 0 Å². The standard InChI is InChI=1S/C13H19ClN2OS/c1-13(2,16(3)4)8-15-12(17)10-7-9(18)5-6-11(10)14/h5-7,18H,8H2,1-4H3,(H,15,17). The van der Waals surface area contributed by atoms with Crippen LogP contribution in [0.2, 0.25) is 5.02 Å². The van der Waals surface area contributed by atoms with Crippen molar-refractivity contribution in [3.8, 4) is 0 Å². The molecular formula is C13H19ClN2OS. The van der Waals surface area contributed by atoms with Crippen LogP contribution >= 0.6 is 24.2 Å². The summed E-state index contributed by atoms with van der Waals surface area (Å²) >= 11 is 10.2. The van der Waals surface area contributed by atoms with Crippen LogP contribution in [0.5, 0.6) is 0 Å². The Morgan fingerprint density at radius 3 is 2.61 bits per heavy atom. The molecule has 0 spiro atoms. The van der Waals surface area contributed by atoms with Crippen molar-refractivity contribution in [2.45, 2.75) is 24.3 Å². The number of carbonyl (C=O) groups is 1. The Kier molecular flexibility index (Phi) is 5.08. The highest BCUT2D eigenvalue weighted by atomic mass is 35.5. The highest BCUT2D eigenvalue weighted by Crippen LogP contribution is 2.19. The van der Waals surface area contributed by atoms with E-state index in [2.05, 4.69) is 36.7 Å². The lowest BCUT2D eigenvalue weighted by molar-refractivity contribution is 0.0919. The maximum atomic E-state index is 12.0. The number of likely N-dealkylation sites (N-methyl/N-ethyl adjacent to an activating group) is 1. The highest BCUT2D eigenvalue weighted by molar-refractivity contribution is 7.80. The Bertz CT molecular complexity index is 447. The first kappa shape index (κ1) is 15.3. The van der Waals surface area contributed by atoms with Crippen LogP contribution in [0.1, 0.15) is 24.2 Å². The Morgan fingerprint density at radius 2 is 2.06 bits per heavy atom. The molecule has 0 bridgehead atoms. The zero-order valence-corrected chi connectivity index (χ0v) is 12.8. The van der Waals surface area contributed by atoms with Crippen molar-refractivity contribution in [3.05, 3.63) is 28.8 Å². The van der Waals surface area contributed by atoms with Crippen LogP contribution < -0.4 is 5.32 Å². The van der Waals surface area contributed by atoms with Crippen LogP contribution in [0.25, 0.3) is 0 Å². The lowest BCUT2D eigenvalue weighted by Gasteiger charge is -2.32. The molecule has 0 radical (unpaired) electrons. The number of rotatable bonds is 4. The van der Waals surface area contributed by atoms with Gasteiger partial charge in [-0.1, -0.05) is 11.6 Å². The number of nitrogens with one attached hydrogen (secondary N) is 1. The van der Waals surface area contributed by atoms with Gasteiger partial charge in [0.25, 0.3) is 5.91 Å². The normalized spacial score (nSPS) is 11.7. The second-order valence-corrected chi connectivity index (χ2v) is 5.98. The highest BCUT2D eigenvalue weighted by Gasteiger charge is 2.22. The van der Waals surface area contributed by atoms with Gasteiger partial charge in [-0.05, 0) is 46.1 Å². The van der Waals surface area contributed by atoms with Crippen LogP contribution in [0.4, 0.5) is 0 Å². The lowest BCUT2D eigenvalue weighted by Crippen LogP contribution is -2.48. The van der Waals surface area contributed by atoms with Crippen LogP contribution in [0, 0.1) is 0 Å². The summed E-state index contributed by atoms with van der Waals surface area (Å²) in [6, 6.07) is 5.10. The number of carbonyl (C=O) groups excluding carboxylic acids is 1. The minimum absolute atomic E-state index is 0.110. The van der Waals surface area contributed by atoms with Crippen molar-refractivity contribution in [3.63, 3.8) is 0 Å². The molecule has 1 aromatic rings. The molecule has 0 aliphatic rings. The van der Waals surface area contributed by atoms with Gasteiger partial charge in [-0.2, -0.15) is 0 Å². The molecule has 1 rings (SSSR count). The van der Waals surface area contributed by atoms with E-state index in [4.69, 9.17) is 11.6 Å². The van der Waals surface area contributed by atoms with Crippen LogP contribution in [-0.4, -0.2) is 37.0 Å². The summed E-state index contributed by atoms with van der Waals surface area (Å²) in [6.07, 6.45) is 0. The summed E-state index contributed by atoms with van der Waals surface area (Å²) in [4.78, 5) is 14.8. The average molecular weight is 287 g/mol. The largest absolute Gasteiger partial charge is 0.350 e. The molecule has 0 saturated heterocycles. The van der Waals surface area contributed by atoms with E-state index in [0.29, 0.717) is 17.1 Å². The van der Waals surface area contributed by atoms with Gasteiger partial charge in [-0.15, -0.1) is 12.6 Å². The molecule has 0 aliphatic carbocycles. The van der Waals surface area contributed by atoms with E-state index in [-0.39, 0.29) is 11.4 Å². The first-order chi connectivity index (χ1) is 8.24. The molecule has 0 aromatic heterocycles. The van der Waals surface area contributed by atoms with E-state index in [1.165, 1.54) is 0 Å². The van der Waals surface area contributed by atoms with Crippen LogP contribution in [-0.2, 0) is 0 Å². The quantitative estimate of drug-likeness (QED) is 0.834. The molecule has 18 heavy (non-hydrogen) atoms. The molecule has 3 nitrogen and oxygen atoms in total. The topological polar surface area (TPSA) is 32.3 Å². The zero-order chi connectivity index (χ0) is 13.9. The predicted octanol–water partition coefficient (Wildman–Crippen LogP) is 2.70. The number of halogens is 1. The van der Waals surface area contributed by atoms with Gasteiger partial charge in [0.2, 0.25) is 0 Å². The predicted molar refractivity (Wildman–Crippen MR) is 78.8 cm³/mol. The first-order valence-electron chi connectivity index (χ1n) is 5.68. The monoisotopic (exact) mass is 286 g/mol. The van der Waals surface area contributed by atoms with E-state index < -0.39 is 0 Å². The Morgan fingerprint density at radius 1 is 1.44 bits per heavy atom. The van der Waals surface area contributed by atoms with Gasteiger partial charge >= 0.3 is 0 Å². The summed E-state index contributed by atoms with van der Waals surface area (Å²) < 4.78 is 0. The van der Waals surface area contributed by atoms with E-state index >= 15 is 0 Å². The van der Waals surface area contributed by atoms with Gasteiger partial charge in [-0.3, -0.25) is 4.79 Å². The molecule has 1 amide bonds. The molecule has 0 unspecified atom stereocenters. The van der Waals surface area contributed by atoms with Crippen molar-refractivity contribution >= 4 is 30.1 Å². The molecule has 1 aromatic carbocycles.